The smallest absolute Gasteiger partial charge is 0.272 e. The maximum absolute atomic E-state index is 13.0. The van der Waals surface area contributed by atoms with Gasteiger partial charge in [0.25, 0.3) is 11.6 Å². The molecule has 2 aromatic carbocycles. The Hall–Kier alpha value is -3.29. The molecule has 22 heavy (non-hydrogen) atoms. The van der Waals surface area contributed by atoms with E-state index in [-0.39, 0.29) is 16.9 Å². The lowest BCUT2D eigenvalue weighted by atomic mass is 10.1. The number of amides is 1. The van der Waals surface area contributed by atoms with Gasteiger partial charge < -0.3 is 5.73 Å². The molecule has 1 amide bonds. The van der Waals surface area contributed by atoms with E-state index in [1.54, 1.807) is 6.07 Å². The third-order valence-electron chi connectivity index (χ3n) is 2.64. The summed E-state index contributed by atoms with van der Waals surface area (Å²) in [7, 11) is 0. The molecule has 0 aromatic heterocycles. The molecule has 0 aliphatic heterocycles. The monoisotopic (exact) mass is 302 g/mol. The zero-order chi connectivity index (χ0) is 16.1. The first-order chi connectivity index (χ1) is 10.5. The van der Waals surface area contributed by atoms with E-state index in [2.05, 4.69) is 10.5 Å². The first kappa shape index (κ1) is 15.1. The van der Waals surface area contributed by atoms with Crippen molar-refractivity contribution in [3.05, 3.63) is 69.5 Å². The van der Waals surface area contributed by atoms with Gasteiger partial charge in [-0.2, -0.15) is 5.10 Å². The third kappa shape index (κ3) is 3.85. The van der Waals surface area contributed by atoms with Crippen LogP contribution in [0.4, 0.5) is 15.8 Å². The first-order valence-electron chi connectivity index (χ1n) is 6.09. The number of nitrogens with zero attached hydrogens (tertiary/aromatic N) is 2. The maximum atomic E-state index is 13.0. The molecule has 0 heterocycles. The van der Waals surface area contributed by atoms with Gasteiger partial charge in [0.05, 0.1) is 16.7 Å². The number of nitrogen functional groups attached to an aromatic ring is 1. The van der Waals surface area contributed by atoms with Crippen molar-refractivity contribution >= 4 is 23.5 Å². The summed E-state index contributed by atoms with van der Waals surface area (Å²) in [5.41, 5.74) is 7.96. The predicted octanol–water partition coefficient (Wildman–Crippen LogP) is 2.08. The largest absolute Gasteiger partial charge is 0.399 e. The van der Waals surface area contributed by atoms with Gasteiger partial charge in [0.1, 0.15) is 5.82 Å². The fraction of sp³-hybridized carbons (Fsp3) is 0. The molecule has 0 aliphatic rings. The molecule has 0 spiro atoms. The van der Waals surface area contributed by atoms with Gasteiger partial charge in [-0.05, 0) is 23.8 Å². The fourth-order valence-corrected chi connectivity index (χ4v) is 1.69. The van der Waals surface area contributed by atoms with Gasteiger partial charge >= 0.3 is 0 Å². The molecular formula is C14H11FN4O3. The van der Waals surface area contributed by atoms with E-state index in [4.69, 9.17) is 5.73 Å². The van der Waals surface area contributed by atoms with Gasteiger partial charge in [-0.15, -0.1) is 0 Å². The zero-order valence-electron chi connectivity index (χ0n) is 11.2. The molecule has 0 atom stereocenters. The van der Waals surface area contributed by atoms with Crippen molar-refractivity contribution in [1.82, 2.24) is 5.43 Å². The Morgan fingerprint density at radius 3 is 2.77 bits per heavy atom. The number of nitro benzene ring substituents is 1. The predicted molar refractivity (Wildman–Crippen MR) is 79.0 cm³/mol. The Bertz CT molecular complexity index is 762. The van der Waals surface area contributed by atoms with Crippen LogP contribution < -0.4 is 11.2 Å². The van der Waals surface area contributed by atoms with Crippen molar-refractivity contribution in [1.29, 1.82) is 0 Å². The number of nitro groups is 1. The number of halogens is 1. The van der Waals surface area contributed by atoms with Crippen LogP contribution in [0, 0.1) is 15.9 Å². The molecule has 0 saturated carbocycles. The number of nitrogens with two attached hydrogens (primary N) is 1. The summed E-state index contributed by atoms with van der Waals surface area (Å²) in [4.78, 5) is 21.9. The van der Waals surface area contributed by atoms with Crippen molar-refractivity contribution in [3.63, 3.8) is 0 Å². The summed E-state index contributed by atoms with van der Waals surface area (Å²) >= 11 is 0. The number of benzene rings is 2. The molecular weight excluding hydrogens is 291 g/mol. The molecule has 0 saturated heterocycles. The Morgan fingerprint density at radius 1 is 1.32 bits per heavy atom. The molecule has 0 unspecified atom stereocenters. The maximum Gasteiger partial charge on any atom is 0.272 e. The molecule has 8 heteroatoms. The van der Waals surface area contributed by atoms with E-state index in [1.807, 2.05) is 0 Å². The summed E-state index contributed by atoms with van der Waals surface area (Å²) < 4.78 is 13.0. The highest BCUT2D eigenvalue weighted by molar-refractivity contribution is 5.96. The second-order valence-electron chi connectivity index (χ2n) is 4.32. The van der Waals surface area contributed by atoms with Gasteiger partial charge in [0.2, 0.25) is 0 Å². The second kappa shape index (κ2) is 6.44. The summed E-state index contributed by atoms with van der Waals surface area (Å²) in [5, 5.41) is 14.4. The quantitative estimate of drug-likeness (QED) is 0.390. The Morgan fingerprint density at radius 2 is 2.09 bits per heavy atom. The lowest BCUT2D eigenvalue weighted by Crippen LogP contribution is -2.18. The number of hydrazone groups is 1. The minimum absolute atomic E-state index is 0.00286. The van der Waals surface area contributed by atoms with Crippen LogP contribution in [0.25, 0.3) is 0 Å². The van der Waals surface area contributed by atoms with E-state index in [0.29, 0.717) is 5.56 Å². The first-order valence-corrected chi connectivity index (χ1v) is 6.09. The number of hydrogen-bond donors (Lipinski definition) is 2. The van der Waals surface area contributed by atoms with Crippen LogP contribution >= 0.6 is 0 Å². The molecule has 2 aromatic rings. The second-order valence-corrected chi connectivity index (χ2v) is 4.32. The van der Waals surface area contributed by atoms with Gasteiger partial charge in [0, 0.05) is 17.8 Å². The van der Waals surface area contributed by atoms with E-state index in [9.17, 15) is 19.3 Å². The SMILES string of the molecule is Nc1cc(C(=O)N/N=C/c2cccc(F)c2)cc([N+](=O)[O-])c1. The highest BCUT2D eigenvalue weighted by atomic mass is 19.1. The van der Waals surface area contributed by atoms with Gasteiger partial charge in [0.15, 0.2) is 0 Å². The topological polar surface area (TPSA) is 111 Å². The van der Waals surface area contributed by atoms with Crippen LogP contribution in [0.2, 0.25) is 0 Å². The van der Waals surface area contributed by atoms with Crippen molar-refractivity contribution in [2.75, 3.05) is 5.73 Å². The molecule has 0 aliphatic carbocycles. The summed E-state index contributed by atoms with van der Waals surface area (Å²) in [6, 6.07) is 9.14. The van der Waals surface area contributed by atoms with Gasteiger partial charge in [-0.1, -0.05) is 12.1 Å². The van der Waals surface area contributed by atoms with Crippen LogP contribution in [0.3, 0.4) is 0 Å². The average Bonchev–Trinajstić information content (AvgIpc) is 2.46. The number of non-ortho nitro benzene ring substituents is 1. The van der Waals surface area contributed by atoms with E-state index >= 15 is 0 Å². The third-order valence-corrected chi connectivity index (χ3v) is 2.64. The zero-order valence-corrected chi connectivity index (χ0v) is 11.2. The van der Waals surface area contributed by atoms with Crippen molar-refractivity contribution < 1.29 is 14.1 Å². The number of nitrogens with one attached hydrogen (secondary N) is 1. The van der Waals surface area contributed by atoms with Crippen LogP contribution in [-0.4, -0.2) is 17.0 Å². The molecule has 0 radical (unpaired) electrons. The lowest BCUT2D eigenvalue weighted by molar-refractivity contribution is -0.384. The summed E-state index contributed by atoms with van der Waals surface area (Å²) in [6.07, 6.45) is 1.25. The highest BCUT2D eigenvalue weighted by Crippen LogP contribution is 2.18. The van der Waals surface area contributed by atoms with Crippen LogP contribution in [0.1, 0.15) is 15.9 Å². The Kier molecular flexibility index (Phi) is 4.42. The molecule has 2 rings (SSSR count). The minimum Gasteiger partial charge on any atom is -0.399 e. The molecule has 112 valence electrons. The van der Waals surface area contributed by atoms with Gasteiger partial charge in [-0.3, -0.25) is 14.9 Å². The summed E-state index contributed by atoms with van der Waals surface area (Å²) in [6.45, 7) is 0. The molecule has 3 N–H and O–H groups in total. The Labute approximate surface area is 124 Å². The lowest BCUT2D eigenvalue weighted by Gasteiger charge is -2.02. The van der Waals surface area contributed by atoms with Crippen LogP contribution in [0.5, 0.6) is 0 Å². The van der Waals surface area contributed by atoms with E-state index < -0.39 is 16.6 Å². The molecule has 7 nitrogen and oxygen atoms in total. The number of carbonyl (C=O) groups is 1. The van der Waals surface area contributed by atoms with E-state index in [0.717, 1.165) is 12.1 Å². The fourth-order valence-electron chi connectivity index (χ4n) is 1.69. The molecule has 0 bridgehead atoms. The van der Waals surface area contributed by atoms with Crippen molar-refractivity contribution in [3.8, 4) is 0 Å². The standard InChI is InChI=1S/C14H11FN4O3/c15-11-3-1-2-9(4-11)8-17-18-14(20)10-5-12(16)7-13(6-10)19(21)22/h1-8H,16H2,(H,18,20)/b17-8+. The van der Waals surface area contributed by atoms with Crippen molar-refractivity contribution in [2.45, 2.75) is 0 Å². The van der Waals surface area contributed by atoms with Gasteiger partial charge in [-0.25, -0.2) is 9.82 Å². The van der Waals surface area contributed by atoms with E-state index in [1.165, 1.54) is 30.5 Å². The highest BCUT2D eigenvalue weighted by Gasteiger charge is 2.13. The van der Waals surface area contributed by atoms with Crippen molar-refractivity contribution in [2.24, 2.45) is 5.10 Å². The number of hydrogen-bond acceptors (Lipinski definition) is 5. The average molecular weight is 302 g/mol. The summed E-state index contributed by atoms with van der Waals surface area (Å²) in [5.74, 6) is -1.09. The Balaban J connectivity index is 2.11. The number of carbonyl (C=O) groups excluding carboxylic acids is 1. The van der Waals surface area contributed by atoms with Crippen LogP contribution in [0.15, 0.2) is 47.6 Å². The molecule has 0 fully saturated rings. The van der Waals surface area contributed by atoms with Crippen LogP contribution in [-0.2, 0) is 0 Å². The number of rotatable bonds is 4. The number of anilines is 1. The normalized spacial score (nSPS) is 10.6. The minimum atomic E-state index is -0.664.